The molecule has 0 saturated heterocycles. The van der Waals surface area contributed by atoms with Crippen LogP contribution >= 0.6 is 0 Å². The van der Waals surface area contributed by atoms with Gasteiger partial charge in [-0.05, 0) is 25.3 Å². The highest BCUT2D eigenvalue weighted by molar-refractivity contribution is 6.16. The molecule has 2 rings (SSSR count). The molecule has 1 fully saturated rings. The SMILES string of the molecule is CCCC1(C)CC2=CN=CC=NC21C. The van der Waals surface area contributed by atoms with E-state index in [1.54, 1.807) is 6.21 Å². The third-order valence-electron chi connectivity index (χ3n) is 3.90. The van der Waals surface area contributed by atoms with Gasteiger partial charge in [0, 0.05) is 24.0 Å². The minimum Gasteiger partial charge on any atom is -0.280 e. The lowest BCUT2D eigenvalue weighted by Gasteiger charge is -2.55. The summed E-state index contributed by atoms with van der Waals surface area (Å²) in [5.41, 5.74) is 1.75. The van der Waals surface area contributed by atoms with Crippen molar-refractivity contribution in [3.05, 3.63) is 11.8 Å². The van der Waals surface area contributed by atoms with Gasteiger partial charge in [-0.1, -0.05) is 20.3 Å². The molecular weight excluding hydrogens is 172 g/mol. The molecule has 0 N–H and O–H groups in total. The zero-order valence-corrected chi connectivity index (χ0v) is 9.25. The van der Waals surface area contributed by atoms with E-state index < -0.39 is 0 Å². The van der Waals surface area contributed by atoms with Crippen molar-refractivity contribution >= 4 is 12.4 Å². The van der Waals surface area contributed by atoms with Crippen molar-refractivity contribution in [2.45, 2.75) is 45.6 Å². The summed E-state index contributed by atoms with van der Waals surface area (Å²) in [5.74, 6) is 0. The first-order chi connectivity index (χ1) is 6.62. The summed E-state index contributed by atoms with van der Waals surface area (Å²) in [6.45, 7) is 6.83. The van der Waals surface area contributed by atoms with E-state index in [9.17, 15) is 0 Å². The van der Waals surface area contributed by atoms with Gasteiger partial charge in [0.25, 0.3) is 0 Å². The maximum Gasteiger partial charge on any atom is 0.0863 e. The topological polar surface area (TPSA) is 24.7 Å². The van der Waals surface area contributed by atoms with Crippen molar-refractivity contribution in [2.24, 2.45) is 15.4 Å². The summed E-state index contributed by atoms with van der Waals surface area (Å²) in [4.78, 5) is 8.84. The van der Waals surface area contributed by atoms with Crippen LogP contribution in [0.15, 0.2) is 21.8 Å². The zero-order valence-electron chi connectivity index (χ0n) is 9.25. The second-order valence-corrected chi connectivity index (χ2v) is 4.79. The van der Waals surface area contributed by atoms with E-state index in [2.05, 4.69) is 30.8 Å². The van der Waals surface area contributed by atoms with Crippen LogP contribution in [0.3, 0.4) is 0 Å². The van der Waals surface area contributed by atoms with Gasteiger partial charge in [-0.3, -0.25) is 9.98 Å². The Labute approximate surface area is 85.8 Å². The number of fused-ring (bicyclic) bond motifs is 1. The van der Waals surface area contributed by atoms with Gasteiger partial charge in [0.1, 0.15) is 0 Å². The Kier molecular flexibility index (Phi) is 2.09. The highest BCUT2D eigenvalue weighted by Gasteiger charge is 2.55. The molecule has 0 aromatic rings. The molecule has 2 nitrogen and oxygen atoms in total. The monoisotopic (exact) mass is 190 g/mol. The van der Waals surface area contributed by atoms with Gasteiger partial charge in [-0.15, -0.1) is 0 Å². The Morgan fingerprint density at radius 3 is 2.86 bits per heavy atom. The molecule has 1 aliphatic carbocycles. The van der Waals surface area contributed by atoms with Crippen molar-refractivity contribution in [3.63, 3.8) is 0 Å². The van der Waals surface area contributed by atoms with Crippen molar-refractivity contribution < 1.29 is 0 Å². The normalized spacial score (nSPS) is 39.8. The lowest BCUT2D eigenvalue weighted by molar-refractivity contribution is 0.0952. The van der Waals surface area contributed by atoms with Crippen LogP contribution in [0.2, 0.25) is 0 Å². The van der Waals surface area contributed by atoms with E-state index in [4.69, 9.17) is 0 Å². The van der Waals surface area contributed by atoms with E-state index in [-0.39, 0.29) is 5.54 Å². The van der Waals surface area contributed by atoms with Gasteiger partial charge in [-0.25, -0.2) is 0 Å². The summed E-state index contributed by atoms with van der Waals surface area (Å²) in [7, 11) is 0. The predicted molar refractivity (Wildman–Crippen MR) is 61.1 cm³/mol. The van der Waals surface area contributed by atoms with Crippen molar-refractivity contribution in [1.82, 2.24) is 0 Å². The van der Waals surface area contributed by atoms with Crippen LogP contribution in [0, 0.1) is 5.41 Å². The van der Waals surface area contributed by atoms with Gasteiger partial charge in [0.05, 0.1) is 5.54 Å². The Morgan fingerprint density at radius 1 is 1.36 bits per heavy atom. The summed E-state index contributed by atoms with van der Waals surface area (Å²) in [6.07, 6.45) is 9.25. The molecule has 0 bridgehead atoms. The fourth-order valence-corrected chi connectivity index (χ4v) is 2.69. The highest BCUT2D eigenvalue weighted by Crippen LogP contribution is 2.58. The minimum absolute atomic E-state index is 0.0134. The molecule has 0 amide bonds. The third kappa shape index (κ3) is 1.09. The van der Waals surface area contributed by atoms with Crippen LogP contribution in [0.1, 0.15) is 40.0 Å². The molecular formula is C12H18N2. The molecule has 2 aliphatic rings. The molecule has 0 spiro atoms. The van der Waals surface area contributed by atoms with E-state index in [0.717, 1.165) is 6.42 Å². The number of hydrogen-bond acceptors (Lipinski definition) is 2. The van der Waals surface area contributed by atoms with Crippen LogP contribution in [0.4, 0.5) is 0 Å². The third-order valence-corrected chi connectivity index (χ3v) is 3.90. The first kappa shape index (κ1) is 9.63. The van der Waals surface area contributed by atoms with Crippen LogP contribution < -0.4 is 0 Å². The number of nitrogens with zero attached hydrogens (tertiary/aromatic N) is 2. The maximum absolute atomic E-state index is 4.65. The summed E-state index contributed by atoms with van der Waals surface area (Å²) < 4.78 is 0. The first-order valence-corrected chi connectivity index (χ1v) is 5.39. The smallest absolute Gasteiger partial charge is 0.0863 e. The van der Waals surface area contributed by atoms with Crippen molar-refractivity contribution in [3.8, 4) is 0 Å². The van der Waals surface area contributed by atoms with E-state index in [1.807, 2.05) is 12.4 Å². The molecule has 0 aromatic carbocycles. The average molecular weight is 190 g/mol. The summed E-state index contributed by atoms with van der Waals surface area (Å²) >= 11 is 0. The molecule has 1 saturated carbocycles. The van der Waals surface area contributed by atoms with Gasteiger partial charge in [-0.2, -0.15) is 0 Å². The van der Waals surface area contributed by atoms with E-state index in [0.29, 0.717) is 5.41 Å². The predicted octanol–water partition coefficient (Wildman–Crippen LogP) is 2.99. The molecule has 0 radical (unpaired) electrons. The fourth-order valence-electron chi connectivity index (χ4n) is 2.69. The van der Waals surface area contributed by atoms with Gasteiger partial charge >= 0.3 is 0 Å². The lowest BCUT2D eigenvalue weighted by atomic mass is 9.52. The van der Waals surface area contributed by atoms with E-state index in [1.165, 1.54) is 18.4 Å². The highest BCUT2D eigenvalue weighted by atomic mass is 15.0. The summed E-state index contributed by atoms with van der Waals surface area (Å²) in [6, 6.07) is 0. The zero-order chi connectivity index (χ0) is 10.2. The van der Waals surface area contributed by atoms with E-state index >= 15 is 0 Å². The first-order valence-electron chi connectivity index (χ1n) is 5.39. The quantitative estimate of drug-likeness (QED) is 0.639. The average Bonchev–Trinajstić information content (AvgIpc) is 2.29. The maximum atomic E-state index is 4.65. The number of rotatable bonds is 2. The molecule has 76 valence electrons. The molecule has 2 atom stereocenters. The number of hydrogen-bond donors (Lipinski definition) is 0. The van der Waals surface area contributed by atoms with Gasteiger partial charge < -0.3 is 0 Å². The van der Waals surface area contributed by atoms with Crippen molar-refractivity contribution in [2.75, 3.05) is 0 Å². The molecule has 0 aromatic heterocycles. The lowest BCUT2D eigenvalue weighted by Crippen LogP contribution is -2.54. The molecule has 2 unspecified atom stereocenters. The Bertz CT molecular complexity index is 327. The Hall–Kier alpha value is -0.920. The molecule has 1 heterocycles. The molecule has 14 heavy (non-hydrogen) atoms. The Balaban J connectivity index is 2.30. The fraction of sp³-hybridized carbons (Fsp3) is 0.667. The Morgan fingerprint density at radius 2 is 2.14 bits per heavy atom. The minimum atomic E-state index is 0.0134. The van der Waals surface area contributed by atoms with Gasteiger partial charge in [0.15, 0.2) is 0 Å². The second-order valence-electron chi connectivity index (χ2n) is 4.79. The van der Waals surface area contributed by atoms with Crippen LogP contribution in [-0.4, -0.2) is 18.0 Å². The van der Waals surface area contributed by atoms with Crippen LogP contribution in [0.5, 0.6) is 0 Å². The van der Waals surface area contributed by atoms with Gasteiger partial charge in [0.2, 0.25) is 0 Å². The number of aliphatic imine (C=N–C) groups is 2. The largest absolute Gasteiger partial charge is 0.280 e. The van der Waals surface area contributed by atoms with Crippen molar-refractivity contribution in [1.29, 1.82) is 0 Å². The van der Waals surface area contributed by atoms with Crippen LogP contribution in [-0.2, 0) is 0 Å². The standard InChI is InChI=1S/C12H18N2/c1-4-5-11(2)8-10-9-13-6-7-14-12(10,11)3/h6-7,9H,4-5,8H2,1-3H3. The summed E-state index contributed by atoms with van der Waals surface area (Å²) in [5, 5.41) is 0. The second kappa shape index (κ2) is 3.04. The molecule has 2 heteroatoms. The molecule has 1 aliphatic heterocycles. The van der Waals surface area contributed by atoms with Crippen LogP contribution in [0.25, 0.3) is 0 Å².